The number of hydrogen-bond acceptors (Lipinski definition) is 4. The number of nitrogens with one attached hydrogen (secondary N) is 1. The summed E-state index contributed by atoms with van der Waals surface area (Å²) in [5.74, 6) is 0.0627. The Morgan fingerprint density at radius 1 is 1.33 bits per heavy atom. The van der Waals surface area contributed by atoms with Gasteiger partial charge in [-0.3, -0.25) is 10.1 Å². The van der Waals surface area contributed by atoms with Crippen molar-refractivity contribution in [3.05, 3.63) is 63.5 Å². The van der Waals surface area contributed by atoms with Crippen LogP contribution in [0.25, 0.3) is 0 Å². The molecule has 2 aromatic rings. The van der Waals surface area contributed by atoms with Crippen LogP contribution < -0.4 is 10.1 Å². The second-order valence-corrected chi connectivity index (χ2v) is 4.52. The summed E-state index contributed by atoms with van der Waals surface area (Å²) in [5, 5.41) is 13.9. The number of nitro groups is 1. The zero-order valence-corrected chi connectivity index (χ0v) is 11.7. The minimum Gasteiger partial charge on any atom is -0.497 e. The number of ether oxygens (including phenoxy) is 1. The van der Waals surface area contributed by atoms with Crippen LogP contribution in [-0.2, 0) is 6.54 Å². The van der Waals surface area contributed by atoms with E-state index in [0.29, 0.717) is 22.6 Å². The lowest BCUT2D eigenvalue weighted by atomic mass is 10.1. The van der Waals surface area contributed by atoms with Crippen molar-refractivity contribution in [2.75, 3.05) is 12.4 Å². The number of hydrogen-bond donors (Lipinski definition) is 1. The third-order valence-electron chi connectivity index (χ3n) is 3.23. The molecule has 0 amide bonds. The van der Waals surface area contributed by atoms with Gasteiger partial charge in [0.05, 0.1) is 12.0 Å². The molecule has 0 saturated heterocycles. The Labute approximate surface area is 121 Å². The third kappa shape index (κ3) is 3.28. The Hall–Kier alpha value is -2.63. The third-order valence-corrected chi connectivity index (χ3v) is 3.23. The van der Waals surface area contributed by atoms with Gasteiger partial charge in [-0.25, -0.2) is 4.39 Å². The van der Waals surface area contributed by atoms with Crippen LogP contribution in [-0.4, -0.2) is 12.0 Å². The molecule has 1 N–H and O–H groups in total. The Morgan fingerprint density at radius 3 is 2.71 bits per heavy atom. The van der Waals surface area contributed by atoms with Crippen molar-refractivity contribution in [2.24, 2.45) is 0 Å². The Kier molecular flexibility index (Phi) is 4.37. The molecule has 6 heteroatoms. The number of halogens is 1. The molecule has 0 aliphatic carbocycles. The maximum atomic E-state index is 13.8. The zero-order valence-electron chi connectivity index (χ0n) is 11.7. The van der Waals surface area contributed by atoms with Gasteiger partial charge < -0.3 is 10.1 Å². The van der Waals surface area contributed by atoms with Gasteiger partial charge in [0.2, 0.25) is 0 Å². The topological polar surface area (TPSA) is 64.4 Å². The maximum absolute atomic E-state index is 13.8. The minimum absolute atomic E-state index is 0.0372. The van der Waals surface area contributed by atoms with Gasteiger partial charge in [0.1, 0.15) is 11.6 Å². The molecule has 0 atom stereocenters. The summed E-state index contributed by atoms with van der Waals surface area (Å²) in [6.45, 7) is 1.89. The molecule has 5 nitrogen and oxygen atoms in total. The average Bonchev–Trinajstić information content (AvgIpc) is 2.46. The lowest BCUT2D eigenvalue weighted by Crippen LogP contribution is -2.04. The number of methoxy groups -OCH3 is 1. The highest BCUT2D eigenvalue weighted by Crippen LogP contribution is 2.26. The van der Waals surface area contributed by atoms with E-state index in [0.717, 1.165) is 0 Å². The summed E-state index contributed by atoms with van der Waals surface area (Å²) in [4.78, 5) is 10.4. The smallest absolute Gasteiger partial charge is 0.274 e. The largest absolute Gasteiger partial charge is 0.497 e. The molecule has 0 fully saturated rings. The van der Waals surface area contributed by atoms with Crippen molar-refractivity contribution in [2.45, 2.75) is 13.5 Å². The predicted octanol–water partition coefficient (Wildman–Crippen LogP) is 3.66. The lowest BCUT2D eigenvalue weighted by molar-refractivity contribution is -0.385. The highest BCUT2D eigenvalue weighted by atomic mass is 19.1. The maximum Gasteiger partial charge on any atom is 0.274 e. The van der Waals surface area contributed by atoms with E-state index in [-0.39, 0.29) is 18.0 Å². The molecule has 0 bridgehead atoms. The van der Waals surface area contributed by atoms with Crippen LogP contribution in [0.1, 0.15) is 11.1 Å². The number of benzene rings is 2. The van der Waals surface area contributed by atoms with Gasteiger partial charge in [0.15, 0.2) is 0 Å². The molecule has 0 heterocycles. The fourth-order valence-electron chi connectivity index (χ4n) is 2.00. The zero-order chi connectivity index (χ0) is 15.4. The second kappa shape index (κ2) is 6.21. The molecular weight excluding hydrogens is 275 g/mol. The van der Waals surface area contributed by atoms with Crippen LogP contribution in [0, 0.1) is 22.9 Å². The summed E-state index contributed by atoms with van der Waals surface area (Å²) in [6, 6.07) is 9.35. The molecule has 0 aliphatic rings. The summed E-state index contributed by atoms with van der Waals surface area (Å²) in [5.41, 5.74) is 1.63. The molecule has 21 heavy (non-hydrogen) atoms. The van der Waals surface area contributed by atoms with Gasteiger partial charge in [0.25, 0.3) is 5.69 Å². The van der Waals surface area contributed by atoms with Crippen molar-refractivity contribution in [3.63, 3.8) is 0 Å². The second-order valence-electron chi connectivity index (χ2n) is 4.52. The predicted molar refractivity (Wildman–Crippen MR) is 78.1 cm³/mol. The van der Waals surface area contributed by atoms with E-state index in [1.54, 1.807) is 31.2 Å². The SMILES string of the molecule is COc1ccc(CNc2cccc([N+](=O)[O-])c2C)c(F)c1. The van der Waals surface area contributed by atoms with Crippen molar-refractivity contribution in [3.8, 4) is 5.75 Å². The number of nitrogens with zero attached hydrogens (tertiary/aromatic N) is 1. The van der Waals surface area contributed by atoms with Crippen molar-refractivity contribution in [1.29, 1.82) is 0 Å². The Morgan fingerprint density at radius 2 is 2.10 bits per heavy atom. The molecule has 0 unspecified atom stereocenters. The first-order valence-corrected chi connectivity index (χ1v) is 6.33. The highest BCUT2D eigenvalue weighted by molar-refractivity contribution is 5.59. The summed E-state index contributed by atoms with van der Waals surface area (Å²) >= 11 is 0. The molecule has 2 aromatic carbocycles. The first kappa shape index (κ1) is 14.8. The van der Waals surface area contributed by atoms with Crippen molar-refractivity contribution >= 4 is 11.4 Å². The fourth-order valence-corrected chi connectivity index (χ4v) is 2.00. The van der Waals surface area contributed by atoms with Gasteiger partial charge in [-0.15, -0.1) is 0 Å². The quantitative estimate of drug-likeness (QED) is 0.674. The van der Waals surface area contributed by atoms with Gasteiger partial charge in [-0.05, 0) is 19.1 Å². The Bertz CT molecular complexity index is 674. The fraction of sp³-hybridized carbons (Fsp3) is 0.200. The van der Waals surface area contributed by atoms with E-state index in [4.69, 9.17) is 4.74 Å². The molecule has 110 valence electrons. The highest BCUT2D eigenvalue weighted by Gasteiger charge is 2.13. The number of nitro benzene ring substituents is 1. The van der Waals surface area contributed by atoms with Crippen LogP contribution in [0.4, 0.5) is 15.8 Å². The first-order chi connectivity index (χ1) is 10.0. The van der Waals surface area contributed by atoms with Crippen LogP contribution in [0.3, 0.4) is 0 Å². The summed E-state index contributed by atoms with van der Waals surface area (Å²) < 4.78 is 18.8. The normalized spacial score (nSPS) is 10.2. The molecule has 0 saturated carbocycles. The number of anilines is 1. The van der Waals surface area contributed by atoms with E-state index in [1.165, 1.54) is 19.2 Å². The van der Waals surface area contributed by atoms with E-state index < -0.39 is 4.92 Å². The average molecular weight is 290 g/mol. The minimum atomic E-state index is -0.436. The van der Waals surface area contributed by atoms with E-state index in [1.807, 2.05) is 0 Å². The van der Waals surface area contributed by atoms with E-state index in [9.17, 15) is 14.5 Å². The number of rotatable bonds is 5. The van der Waals surface area contributed by atoms with Crippen LogP contribution in [0.5, 0.6) is 5.75 Å². The van der Waals surface area contributed by atoms with Gasteiger partial charge in [-0.1, -0.05) is 12.1 Å². The van der Waals surface area contributed by atoms with Gasteiger partial charge >= 0.3 is 0 Å². The monoisotopic (exact) mass is 290 g/mol. The lowest BCUT2D eigenvalue weighted by Gasteiger charge is -2.11. The summed E-state index contributed by atoms with van der Waals surface area (Å²) in [7, 11) is 1.47. The van der Waals surface area contributed by atoms with Crippen LogP contribution >= 0.6 is 0 Å². The van der Waals surface area contributed by atoms with E-state index in [2.05, 4.69) is 5.32 Å². The van der Waals surface area contributed by atoms with Crippen molar-refractivity contribution < 1.29 is 14.1 Å². The van der Waals surface area contributed by atoms with Gasteiger partial charge in [-0.2, -0.15) is 0 Å². The molecule has 0 aromatic heterocycles. The van der Waals surface area contributed by atoms with Crippen molar-refractivity contribution in [1.82, 2.24) is 0 Å². The molecule has 0 aliphatic heterocycles. The standard InChI is InChI=1S/C15H15FN2O3/c1-10-14(4-3-5-15(10)18(19)20)17-9-11-6-7-12(21-2)8-13(11)16/h3-8,17H,9H2,1-2H3. The first-order valence-electron chi connectivity index (χ1n) is 6.33. The van der Waals surface area contributed by atoms with Crippen LogP contribution in [0.2, 0.25) is 0 Å². The Balaban J connectivity index is 2.17. The van der Waals surface area contributed by atoms with E-state index >= 15 is 0 Å². The molecular formula is C15H15FN2O3. The molecule has 2 rings (SSSR count). The summed E-state index contributed by atoms with van der Waals surface area (Å²) in [6.07, 6.45) is 0. The molecule has 0 spiro atoms. The van der Waals surface area contributed by atoms with Crippen LogP contribution in [0.15, 0.2) is 36.4 Å². The molecule has 0 radical (unpaired) electrons. The van der Waals surface area contributed by atoms with Gasteiger partial charge in [0, 0.05) is 35.5 Å².